The number of hydrogen-bond acceptors (Lipinski definition) is 4. The molecule has 0 aromatic carbocycles. The zero-order chi connectivity index (χ0) is 11.6. The van der Waals surface area contributed by atoms with E-state index in [4.69, 9.17) is 22.3 Å². The Hall–Kier alpha value is -0.650. The molecule has 2 unspecified atom stereocenters. The first-order chi connectivity index (χ1) is 6.24. The van der Waals surface area contributed by atoms with Crippen LogP contribution in [0.2, 0.25) is 0 Å². The van der Waals surface area contributed by atoms with Gasteiger partial charge < -0.3 is 22.3 Å². The van der Waals surface area contributed by atoms with Gasteiger partial charge in [0.25, 0.3) is 0 Å². The van der Waals surface area contributed by atoms with E-state index < -0.39 is 17.2 Å². The Kier molecular flexibility index (Phi) is 4.05. The second-order valence-electron chi connectivity index (χ2n) is 3.88. The van der Waals surface area contributed by atoms with E-state index in [-0.39, 0.29) is 5.92 Å². The molecule has 0 aliphatic carbocycles. The van der Waals surface area contributed by atoms with Gasteiger partial charge in [-0.25, -0.2) is 4.79 Å². The van der Waals surface area contributed by atoms with Crippen LogP contribution in [0.4, 0.5) is 0 Å². The summed E-state index contributed by atoms with van der Waals surface area (Å²) in [7, 11) is 0. The fourth-order valence-electron chi connectivity index (χ4n) is 1.61. The predicted octanol–water partition coefficient (Wildman–Crippen LogP) is -0.162. The molecule has 5 heteroatoms. The van der Waals surface area contributed by atoms with Gasteiger partial charge in [-0.15, -0.1) is 0 Å². The molecule has 5 nitrogen and oxygen atoms in total. The molecule has 2 atom stereocenters. The summed E-state index contributed by atoms with van der Waals surface area (Å²) in [5.74, 6) is -1.30. The number of nitrogens with two attached hydrogens (primary N) is 3. The maximum Gasteiger partial charge on any atom is 0.340 e. The molecule has 0 rings (SSSR count). The predicted molar refractivity (Wildman–Crippen MR) is 55.4 cm³/mol. The number of rotatable bonds is 5. The maximum absolute atomic E-state index is 10.9. The Balaban J connectivity index is 5.12. The van der Waals surface area contributed by atoms with Crippen LogP contribution in [0.1, 0.15) is 33.6 Å². The SMILES string of the molecule is CCC(C)C(N)(CC)C(N)(N)C(=O)O. The molecule has 0 aliphatic heterocycles. The normalized spacial score (nSPS) is 18.7. The van der Waals surface area contributed by atoms with Gasteiger partial charge in [0, 0.05) is 0 Å². The third-order valence-corrected chi connectivity index (χ3v) is 3.20. The van der Waals surface area contributed by atoms with Gasteiger partial charge >= 0.3 is 5.97 Å². The summed E-state index contributed by atoms with van der Waals surface area (Å²) in [6.45, 7) is 5.59. The number of carboxylic acids is 1. The van der Waals surface area contributed by atoms with Crippen molar-refractivity contribution in [2.24, 2.45) is 23.1 Å². The first-order valence-electron chi connectivity index (χ1n) is 4.84. The van der Waals surface area contributed by atoms with Crippen LogP contribution in [0, 0.1) is 5.92 Å². The van der Waals surface area contributed by atoms with Crippen molar-refractivity contribution in [3.05, 3.63) is 0 Å². The molecule has 0 saturated carbocycles. The molecule has 0 spiro atoms. The summed E-state index contributed by atoms with van der Waals surface area (Å²) in [6, 6.07) is 0. The molecule has 0 fully saturated rings. The highest BCUT2D eigenvalue weighted by molar-refractivity contribution is 5.79. The van der Waals surface area contributed by atoms with Crippen molar-refractivity contribution < 1.29 is 9.90 Å². The minimum Gasteiger partial charge on any atom is -0.479 e. The van der Waals surface area contributed by atoms with Gasteiger partial charge in [-0.05, 0) is 12.3 Å². The number of hydrogen-bond donors (Lipinski definition) is 4. The van der Waals surface area contributed by atoms with Gasteiger partial charge in [-0.2, -0.15) is 0 Å². The number of carboxylic acid groups (broad SMARTS) is 1. The topological polar surface area (TPSA) is 115 Å². The fraction of sp³-hybridized carbons (Fsp3) is 0.889. The zero-order valence-electron chi connectivity index (χ0n) is 9.08. The van der Waals surface area contributed by atoms with E-state index in [1.165, 1.54) is 0 Å². The molecule has 0 aliphatic rings. The van der Waals surface area contributed by atoms with Crippen LogP contribution in [-0.4, -0.2) is 22.3 Å². The van der Waals surface area contributed by atoms with Crippen LogP contribution in [-0.2, 0) is 4.79 Å². The summed E-state index contributed by atoms with van der Waals surface area (Å²) >= 11 is 0. The smallest absolute Gasteiger partial charge is 0.340 e. The largest absolute Gasteiger partial charge is 0.479 e. The van der Waals surface area contributed by atoms with Crippen LogP contribution >= 0.6 is 0 Å². The Labute approximate surface area is 84.6 Å². The molecule has 14 heavy (non-hydrogen) atoms. The average Bonchev–Trinajstić information content (AvgIpc) is 2.14. The summed E-state index contributed by atoms with van der Waals surface area (Å²) in [5.41, 5.74) is 14.2. The molecular formula is C9H21N3O2. The van der Waals surface area contributed by atoms with Crippen molar-refractivity contribution in [3.8, 4) is 0 Å². The van der Waals surface area contributed by atoms with Gasteiger partial charge in [-0.3, -0.25) is 0 Å². The molecule has 7 N–H and O–H groups in total. The van der Waals surface area contributed by atoms with Gasteiger partial charge in [0.2, 0.25) is 0 Å². The summed E-state index contributed by atoms with van der Waals surface area (Å²) < 4.78 is 0. The molecule has 0 amide bonds. The maximum atomic E-state index is 10.9. The quantitative estimate of drug-likeness (QED) is 0.463. The lowest BCUT2D eigenvalue weighted by Crippen LogP contribution is -2.77. The van der Waals surface area contributed by atoms with Crippen molar-refractivity contribution in [1.29, 1.82) is 0 Å². The van der Waals surface area contributed by atoms with Crippen molar-refractivity contribution in [3.63, 3.8) is 0 Å². The second-order valence-corrected chi connectivity index (χ2v) is 3.88. The van der Waals surface area contributed by atoms with Crippen molar-refractivity contribution in [2.75, 3.05) is 0 Å². The minimum atomic E-state index is -1.88. The monoisotopic (exact) mass is 203 g/mol. The van der Waals surface area contributed by atoms with E-state index in [0.717, 1.165) is 6.42 Å². The Bertz CT molecular complexity index is 218. The number of aliphatic carboxylic acids is 1. The highest BCUT2D eigenvalue weighted by atomic mass is 16.4. The molecule has 0 saturated heterocycles. The molecule has 0 aromatic heterocycles. The molecule has 0 radical (unpaired) electrons. The minimum absolute atomic E-state index is 0.0430. The Morgan fingerprint density at radius 1 is 1.36 bits per heavy atom. The first-order valence-corrected chi connectivity index (χ1v) is 4.84. The van der Waals surface area contributed by atoms with E-state index >= 15 is 0 Å². The lowest BCUT2D eigenvalue weighted by molar-refractivity contribution is -0.147. The molecule has 0 aromatic rings. The summed E-state index contributed by atoms with van der Waals surface area (Å²) in [6.07, 6.45) is 1.18. The van der Waals surface area contributed by atoms with Crippen molar-refractivity contribution >= 4 is 5.97 Å². The third-order valence-electron chi connectivity index (χ3n) is 3.20. The van der Waals surface area contributed by atoms with E-state index in [1.54, 1.807) is 6.92 Å². The second kappa shape index (κ2) is 4.25. The van der Waals surface area contributed by atoms with E-state index in [0.29, 0.717) is 6.42 Å². The van der Waals surface area contributed by atoms with Crippen LogP contribution in [0.5, 0.6) is 0 Å². The van der Waals surface area contributed by atoms with Crippen LogP contribution in [0.25, 0.3) is 0 Å². The highest BCUT2D eigenvalue weighted by Gasteiger charge is 2.50. The lowest BCUT2D eigenvalue weighted by Gasteiger charge is -2.43. The third kappa shape index (κ3) is 1.89. The highest BCUT2D eigenvalue weighted by Crippen LogP contribution is 2.28. The average molecular weight is 203 g/mol. The van der Waals surface area contributed by atoms with E-state index in [9.17, 15) is 4.79 Å². The molecule has 0 bridgehead atoms. The Morgan fingerprint density at radius 3 is 2.00 bits per heavy atom. The van der Waals surface area contributed by atoms with Gasteiger partial charge in [0.05, 0.1) is 5.54 Å². The van der Waals surface area contributed by atoms with Gasteiger partial charge in [0.15, 0.2) is 5.66 Å². The zero-order valence-corrected chi connectivity index (χ0v) is 9.08. The standard InChI is InChI=1S/C9H21N3O2/c1-4-6(3)8(10,5-2)9(11,12)7(13)14/h6H,4-5,10-12H2,1-3H3,(H,13,14). The Morgan fingerprint density at radius 2 is 1.79 bits per heavy atom. The van der Waals surface area contributed by atoms with Crippen LogP contribution < -0.4 is 17.2 Å². The summed E-state index contributed by atoms with van der Waals surface area (Å²) in [5, 5.41) is 8.92. The van der Waals surface area contributed by atoms with Crippen LogP contribution in [0.15, 0.2) is 0 Å². The molecule has 0 heterocycles. The first kappa shape index (κ1) is 13.4. The summed E-state index contributed by atoms with van der Waals surface area (Å²) in [4.78, 5) is 10.9. The van der Waals surface area contributed by atoms with E-state index in [1.807, 2.05) is 13.8 Å². The fourth-order valence-corrected chi connectivity index (χ4v) is 1.61. The molecule has 84 valence electrons. The number of carbonyl (C=O) groups is 1. The van der Waals surface area contributed by atoms with Crippen molar-refractivity contribution in [2.45, 2.75) is 44.8 Å². The lowest BCUT2D eigenvalue weighted by atomic mass is 9.72. The van der Waals surface area contributed by atoms with Gasteiger partial charge in [0.1, 0.15) is 0 Å². The van der Waals surface area contributed by atoms with Crippen molar-refractivity contribution in [1.82, 2.24) is 0 Å². The molecular weight excluding hydrogens is 182 g/mol. The van der Waals surface area contributed by atoms with Gasteiger partial charge in [-0.1, -0.05) is 27.2 Å². The van der Waals surface area contributed by atoms with Crippen LogP contribution in [0.3, 0.4) is 0 Å². The van der Waals surface area contributed by atoms with E-state index in [2.05, 4.69) is 0 Å².